The first-order valence-corrected chi connectivity index (χ1v) is 12.2. The molecule has 0 spiro atoms. The molecule has 0 aliphatic heterocycles. The van der Waals surface area contributed by atoms with Gasteiger partial charge in [-0.2, -0.15) is 0 Å². The van der Waals surface area contributed by atoms with E-state index in [9.17, 15) is 18.5 Å². The number of nitrogens with zero attached hydrogens (tertiary/aromatic N) is 1. The van der Waals surface area contributed by atoms with E-state index in [1.165, 1.54) is 6.07 Å². The van der Waals surface area contributed by atoms with Crippen molar-refractivity contribution in [2.45, 2.75) is 61.0 Å². The van der Waals surface area contributed by atoms with Crippen LogP contribution in [0.1, 0.15) is 44.6 Å². The highest BCUT2D eigenvalue weighted by Gasteiger charge is 2.15. The zero-order valence-electron chi connectivity index (χ0n) is 16.8. The van der Waals surface area contributed by atoms with Crippen LogP contribution in [0.2, 0.25) is 0 Å². The van der Waals surface area contributed by atoms with Gasteiger partial charge >= 0.3 is 0 Å². The van der Waals surface area contributed by atoms with Gasteiger partial charge in [0.25, 0.3) is 5.69 Å². The van der Waals surface area contributed by atoms with Crippen LogP contribution in [-0.2, 0) is 10.0 Å². The minimum Gasteiger partial charge on any atom is -0.258 e. The summed E-state index contributed by atoms with van der Waals surface area (Å²) in [6.07, 6.45) is 4.69. The fourth-order valence-corrected chi connectivity index (χ4v) is 5.27. The molecule has 2 rings (SSSR count). The van der Waals surface area contributed by atoms with E-state index >= 15 is 0 Å². The zero-order chi connectivity index (χ0) is 21.3. The van der Waals surface area contributed by atoms with Crippen molar-refractivity contribution in [1.82, 2.24) is 4.72 Å². The third kappa shape index (κ3) is 7.79. The summed E-state index contributed by atoms with van der Waals surface area (Å²) in [6.45, 7) is 4.42. The highest BCUT2D eigenvalue weighted by atomic mass is 32.2. The van der Waals surface area contributed by atoms with Crippen molar-refractivity contribution in [3.8, 4) is 0 Å². The first-order valence-electron chi connectivity index (χ1n) is 9.79. The minimum absolute atomic E-state index is 0.0927. The molecule has 0 amide bonds. The predicted octanol–water partition coefficient (Wildman–Crippen LogP) is 5.31. The van der Waals surface area contributed by atoms with Crippen molar-refractivity contribution in [3.63, 3.8) is 0 Å². The summed E-state index contributed by atoms with van der Waals surface area (Å²) in [7, 11) is -3.50. The number of aryl methyl sites for hydroxylation is 1. The Hall–Kier alpha value is -1.90. The van der Waals surface area contributed by atoms with Crippen molar-refractivity contribution in [3.05, 3.63) is 64.2 Å². The average molecular weight is 437 g/mol. The van der Waals surface area contributed by atoms with Gasteiger partial charge < -0.3 is 0 Å². The number of unbranched alkanes of at least 4 members (excludes halogenated alkanes) is 1. The lowest BCUT2D eigenvalue weighted by atomic mass is 10.1. The number of benzene rings is 2. The maximum Gasteiger partial charge on any atom is 0.270 e. The standard InChI is InChI=1S/C21H28N2O4S2/c1-3-4-8-19(28-20-9-5-7-18(16-20)23(24)25)10-6-15-22-29(26,27)21-13-11-17(2)12-14-21/h5,7,9,11-14,16,19,22H,3-4,6,8,10,15H2,1-2H3. The molecule has 0 bridgehead atoms. The summed E-state index contributed by atoms with van der Waals surface area (Å²) in [5.74, 6) is 0. The van der Waals surface area contributed by atoms with E-state index < -0.39 is 10.0 Å². The Labute approximate surface area is 177 Å². The van der Waals surface area contributed by atoms with Crippen LogP contribution in [-0.4, -0.2) is 25.1 Å². The lowest BCUT2D eigenvalue weighted by molar-refractivity contribution is -0.385. The van der Waals surface area contributed by atoms with Crippen LogP contribution in [0.5, 0.6) is 0 Å². The van der Waals surface area contributed by atoms with E-state index in [1.807, 2.05) is 13.0 Å². The van der Waals surface area contributed by atoms with Crippen LogP contribution in [0, 0.1) is 17.0 Å². The summed E-state index contributed by atoms with van der Waals surface area (Å²) in [4.78, 5) is 11.7. The monoisotopic (exact) mass is 436 g/mol. The summed E-state index contributed by atoms with van der Waals surface area (Å²) in [5.41, 5.74) is 1.11. The Morgan fingerprint density at radius 3 is 2.45 bits per heavy atom. The normalized spacial score (nSPS) is 12.6. The van der Waals surface area contributed by atoms with E-state index in [1.54, 1.807) is 48.2 Å². The number of sulfonamides is 1. The number of hydrogen-bond donors (Lipinski definition) is 1. The van der Waals surface area contributed by atoms with Gasteiger partial charge in [-0.15, -0.1) is 11.8 Å². The molecular weight excluding hydrogens is 408 g/mol. The van der Waals surface area contributed by atoms with Gasteiger partial charge in [0.05, 0.1) is 9.82 Å². The summed E-state index contributed by atoms with van der Waals surface area (Å²) >= 11 is 1.63. The number of nitro groups is 1. The molecule has 2 aromatic carbocycles. The number of nitrogens with one attached hydrogen (secondary N) is 1. The molecule has 1 atom stereocenters. The van der Waals surface area contributed by atoms with Gasteiger partial charge in [-0.1, -0.05) is 43.5 Å². The zero-order valence-corrected chi connectivity index (χ0v) is 18.5. The molecule has 0 aromatic heterocycles. The molecule has 0 fully saturated rings. The second-order valence-corrected chi connectivity index (χ2v) is 10.1. The maximum absolute atomic E-state index is 12.4. The average Bonchev–Trinajstić information content (AvgIpc) is 2.69. The Kier molecular flexibility index (Phi) is 9.13. The lowest BCUT2D eigenvalue weighted by Crippen LogP contribution is -2.25. The van der Waals surface area contributed by atoms with Gasteiger partial charge in [0.2, 0.25) is 10.0 Å². The van der Waals surface area contributed by atoms with Crippen molar-refractivity contribution in [1.29, 1.82) is 0 Å². The van der Waals surface area contributed by atoms with Crippen molar-refractivity contribution in [2.24, 2.45) is 0 Å². The molecular formula is C21H28N2O4S2. The van der Waals surface area contributed by atoms with E-state index in [2.05, 4.69) is 11.6 Å². The predicted molar refractivity (Wildman–Crippen MR) is 118 cm³/mol. The molecule has 0 aliphatic carbocycles. The van der Waals surface area contributed by atoms with Gasteiger partial charge in [0.1, 0.15) is 0 Å². The van der Waals surface area contributed by atoms with Gasteiger partial charge in [0, 0.05) is 28.8 Å². The topological polar surface area (TPSA) is 89.3 Å². The minimum atomic E-state index is -3.50. The molecule has 0 saturated carbocycles. The fourth-order valence-electron chi connectivity index (χ4n) is 2.89. The SMILES string of the molecule is CCCCC(CCCNS(=O)(=O)c1ccc(C)cc1)Sc1cccc([N+](=O)[O-])c1. The second-order valence-electron chi connectivity index (χ2n) is 6.99. The molecule has 6 nitrogen and oxygen atoms in total. The van der Waals surface area contributed by atoms with Crippen molar-refractivity contribution in [2.75, 3.05) is 6.54 Å². The van der Waals surface area contributed by atoms with Crippen molar-refractivity contribution >= 4 is 27.5 Å². The molecule has 2 aromatic rings. The molecule has 1 unspecified atom stereocenters. The third-order valence-electron chi connectivity index (χ3n) is 4.54. The summed E-state index contributed by atoms with van der Waals surface area (Å²) < 4.78 is 27.4. The van der Waals surface area contributed by atoms with Crippen LogP contribution < -0.4 is 4.72 Å². The molecule has 0 radical (unpaired) electrons. The number of nitro benzene ring substituents is 1. The smallest absolute Gasteiger partial charge is 0.258 e. The Bertz CT molecular complexity index is 899. The fraction of sp³-hybridized carbons (Fsp3) is 0.429. The molecule has 8 heteroatoms. The van der Waals surface area contributed by atoms with Crippen LogP contribution >= 0.6 is 11.8 Å². The number of thioether (sulfide) groups is 1. The maximum atomic E-state index is 12.4. The first kappa shape index (κ1) is 23.4. The van der Waals surface area contributed by atoms with E-state index in [0.29, 0.717) is 18.2 Å². The molecule has 29 heavy (non-hydrogen) atoms. The summed E-state index contributed by atoms with van der Waals surface area (Å²) in [5, 5.41) is 11.3. The van der Waals surface area contributed by atoms with Gasteiger partial charge in [-0.05, 0) is 44.4 Å². The van der Waals surface area contributed by atoms with Crippen molar-refractivity contribution < 1.29 is 13.3 Å². The van der Waals surface area contributed by atoms with Crippen LogP contribution in [0.4, 0.5) is 5.69 Å². The summed E-state index contributed by atoms with van der Waals surface area (Å²) in [6, 6.07) is 13.5. The second kappa shape index (κ2) is 11.3. The Morgan fingerprint density at radius 1 is 1.10 bits per heavy atom. The van der Waals surface area contributed by atoms with Gasteiger partial charge in [-0.25, -0.2) is 13.1 Å². The van der Waals surface area contributed by atoms with Crippen LogP contribution in [0.3, 0.4) is 0 Å². The molecule has 158 valence electrons. The highest BCUT2D eigenvalue weighted by molar-refractivity contribution is 8.00. The Balaban J connectivity index is 1.90. The lowest BCUT2D eigenvalue weighted by Gasteiger charge is -2.16. The van der Waals surface area contributed by atoms with Gasteiger partial charge in [-0.3, -0.25) is 10.1 Å². The van der Waals surface area contributed by atoms with E-state index in [0.717, 1.165) is 36.1 Å². The van der Waals surface area contributed by atoms with Gasteiger partial charge in [0.15, 0.2) is 0 Å². The Morgan fingerprint density at radius 2 is 1.79 bits per heavy atom. The number of rotatable bonds is 12. The van der Waals surface area contributed by atoms with Crippen LogP contribution in [0.25, 0.3) is 0 Å². The molecule has 0 heterocycles. The first-order chi connectivity index (χ1) is 13.8. The van der Waals surface area contributed by atoms with E-state index in [-0.39, 0.29) is 15.5 Å². The number of non-ortho nitro benzene ring substituents is 1. The largest absolute Gasteiger partial charge is 0.270 e. The third-order valence-corrected chi connectivity index (χ3v) is 7.34. The highest BCUT2D eigenvalue weighted by Crippen LogP contribution is 2.31. The quantitative estimate of drug-likeness (QED) is 0.211. The molecule has 0 aliphatic rings. The molecule has 0 saturated heterocycles. The number of hydrogen-bond acceptors (Lipinski definition) is 5. The molecule has 1 N–H and O–H groups in total. The van der Waals surface area contributed by atoms with E-state index in [4.69, 9.17) is 0 Å². The van der Waals surface area contributed by atoms with Crippen LogP contribution in [0.15, 0.2) is 58.3 Å².